The van der Waals surface area contributed by atoms with E-state index in [0.29, 0.717) is 10.7 Å². The fourth-order valence-corrected chi connectivity index (χ4v) is 0.950. The zero-order chi connectivity index (χ0) is 9.14. The summed E-state index contributed by atoms with van der Waals surface area (Å²) in [6, 6.07) is 6.80. The molecule has 1 rings (SSSR count). The zero-order valence-electron chi connectivity index (χ0n) is 6.29. The molecule has 0 unspecified atom stereocenters. The lowest BCUT2D eigenvalue weighted by atomic mass is 10.3. The third kappa shape index (κ3) is 1.87. The number of benzene rings is 1. The minimum atomic E-state index is -0.225. The Morgan fingerprint density at radius 2 is 2.17 bits per heavy atom. The lowest BCUT2D eigenvalue weighted by Gasteiger charge is -2.15. The van der Waals surface area contributed by atoms with E-state index >= 15 is 0 Å². The molecule has 1 aromatic carbocycles. The Morgan fingerprint density at radius 3 is 2.67 bits per heavy atom. The van der Waals surface area contributed by atoms with E-state index in [4.69, 9.17) is 28.6 Å². The summed E-state index contributed by atoms with van der Waals surface area (Å²) in [5.74, 6) is 5.21. The average molecular weight is 185 g/mol. The number of hydrogen-bond acceptors (Lipinski definition) is 2. The Labute approximate surface area is 75.2 Å². The molecule has 0 spiro atoms. The molecule has 0 bridgehead atoms. The van der Waals surface area contributed by atoms with Crippen LogP contribution in [0.15, 0.2) is 24.3 Å². The molecule has 0 aliphatic carbocycles. The smallest absolute Gasteiger partial charge is 0.207 e. The molecule has 0 radical (unpaired) electrons. The summed E-state index contributed by atoms with van der Waals surface area (Å²) >= 11 is 5.70. The molecule has 5 heteroatoms. The van der Waals surface area contributed by atoms with E-state index in [1.807, 2.05) is 0 Å². The number of nitrogens with two attached hydrogens (primary N) is 2. The topological polar surface area (TPSA) is 79.1 Å². The Balaban J connectivity index is 2.95. The fourth-order valence-electron chi connectivity index (χ4n) is 0.765. The number of rotatable bonds is 1. The molecular formula is C7H9ClN4. The van der Waals surface area contributed by atoms with Crippen molar-refractivity contribution in [3.8, 4) is 0 Å². The van der Waals surface area contributed by atoms with Crippen LogP contribution in [0.25, 0.3) is 0 Å². The molecule has 0 atom stereocenters. The van der Waals surface area contributed by atoms with Crippen LogP contribution in [0.4, 0.5) is 5.69 Å². The van der Waals surface area contributed by atoms with Crippen LogP contribution in [-0.2, 0) is 0 Å². The van der Waals surface area contributed by atoms with Crippen molar-refractivity contribution in [3.63, 3.8) is 0 Å². The second-order valence-electron chi connectivity index (χ2n) is 2.24. The summed E-state index contributed by atoms with van der Waals surface area (Å²) in [4.78, 5) is 0. The molecule has 5 N–H and O–H groups in total. The lowest BCUT2D eigenvalue weighted by Crippen LogP contribution is -2.42. The summed E-state index contributed by atoms with van der Waals surface area (Å²) < 4.78 is 0. The van der Waals surface area contributed by atoms with Gasteiger partial charge in [-0.25, -0.2) is 10.9 Å². The number of hydrazine groups is 1. The van der Waals surface area contributed by atoms with E-state index in [9.17, 15) is 0 Å². The highest BCUT2D eigenvalue weighted by Crippen LogP contribution is 2.16. The minimum absolute atomic E-state index is 0.225. The SMILES string of the molecule is N=C(N)N(N)c1cccc(Cl)c1. The Morgan fingerprint density at radius 1 is 1.50 bits per heavy atom. The number of guanidine groups is 1. The highest BCUT2D eigenvalue weighted by atomic mass is 35.5. The molecule has 0 heterocycles. The van der Waals surface area contributed by atoms with Gasteiger partial charge in [0.05, 0.1) is 5.69 Å². The highest BCUT2D eigenvalue weighted by molar-refractivity contribution is 6.30. The van der Waals surface area contributed by atoms with Crippen molar-refractivity contribution in [2.75, 3.05) is 5.01 Å². The number of halogens is 1. The summed E-state index contributed by atoms with van der Waals surface area (Å²) in [7, 11) is 0. The first kappa shape index (κ1) is 8.83. The first-order chi connectivity index (χ1) is 5.61. The van der Waals surface area contributed by atoms with E-state index in [1.165, 1.54) is 0 Å². The molecule has 0 fully saturated rings. The first-order valence-electron chi connectivity index (χ1n) is 3.25. The second kappa shape index (κ2) is 3.42. The maximum Gasteiger partial charge on any atom is 0.207 e. The van der Waals surface area contributed by atoms with Gasteiger partial charge in [-0.15, -0.1) is 0 Å². The van der Waals surface area contributed by atoms with E-state index in [-0.39, 0.29) is 5.96 Å². The Kier molecular flexibility index (Phi) is 2.52. The molecule has 0 saturated carbocycles. The van der Waals surface area contributed by atoms with Crippen LogP contribution in [0.1, 0.15) is 0 Å². The quantitative estimate of drug-likeness (QED) is 0.263. The van der Waals surface area contributed by atoms with Crippen molar-refractivity contribution in [2.45, 2.75) is 0 Å². The van der Waals surface area contributed by atoms with Gasteiger partial charge in [0.1, 0.15) is 0 Å². The van der Waals surface area contributed by atoms with Crippen molar-refractivity contribution < 1.29 is 0 Å². The van der Waals surface area contributed by atoms with E-state index in [0.717, 1.165) is 5.01 Å². The van der Waals surface area contributed by atoms with Crippen LogP contribution in [-0.4, -0.2) is 5.96 Å². The number of anilines is 1. The van der Waals surface area contributed by atoms with Gasteiger partial charge >= 0.3 is 0 Å². The average Bonchev–Trinajstić information content (AvgIpc) is 2.03. The van der Waals surface area contributed by atoms with Gasteiger partial charge < -0.3 is 5.73 Å². The Bertz CT molecular complexity index is 299. The van der Waals surface area contributed by atoms with Gasteiger partial charge in [-0.05, 0) is 18.2 Å². The molecule has 0 aromatic heterocycles. The van der Waals surface area contributed by atoms with Crippen LogP contribution >= 0.6 is 11.6 Å². The maximum atomic E-state index is 7.04. The van der Waals surface area contributed by atoms with Crippen LogP contribution in [0.5, 0.6) is 0 Å². The van der Waals surface area contributed by atoms with Crippen molar-refractivity contribution in [3.05, 3.63) is 29.3 Å². The van der Waals surface area contributed by atoms with Gasteiger partial charge in [-0.3, -0.25) is 5.41 Å². The van der Waals surface area contributed by atoms with Crippen molar-refractivity contribution in [2.24, 2.45) is 11.6 Å². The largest absolute Gasteiger partial charge is 0.369 e. The number of nitrogens with zero attached hydrogens (tertiary/aromatic N) is 1. The zero-order valence-corrected chi connectivity index (χ0v) is 7.05. The van der Waals surface area contributed by atoms with Crippen molar-refractivity contribution in [1.29, 1.82) is 5.41 Å². The molecular weight excluding hydrogens is 176 g/mol. The summed E-state index contributed by atoms with van der Waals surface area (Å²) in [6.07, 6.45) is 0. The molecule has 64 valence electrons. The normalized spacial score (nSPS) is 9.50. The Hall–Kier alpha value is -1.26. The van der Waals surface area contributed by atoms with Gasteiger partial charge in [-0.2, -0.15) is 0 Å². The molecule has 1 aromatic rings. The molecule has 0 aliphatic heterocycles. The van der Waals surface area contributed by atoms with Crippen LogP contribution in [0.2, 0.25) is 5.02 Å². The highest BCUT2D eigenvalue weighted by Gasteiger charge is 2.03. The van der Waals surface area contributed by atoms with Crippen LogP contribution < -0.4 is 16.6 Å². The van der Waals surface area contributed by atoms with Gasteiger partial charge in [0.2, 0.25) is 5.96 Å². The maximum absolute atomic E-state index is 7.04. The van der Waals surface area contributed by atoms with Gasteiger partial charge in [0, 0.05) is 5.02 Å². The van der Waals surface area contributed by atoms with Crippen LogP contribution in [0, 0.1) is 5.41 Å². The van der Waals surface area contributed by atoms with Crippen LogP contribution in [0.3, 0.4) is 0 Å². The predicted octanol–water partition coefficient (Wildman–Crippen LogP) is 0.914. The lowest BCUT2D eigenvalue weighted by molar-refractivity contribution is 1.09. The van der Waals surface area contributed by atoms with Gasteiger partial charge in [-0.1, -0.05) is 17.7 Å². The standard InChI is InChI=1S/C7H9ClN4/c8-5-2-1-3-6(4-5)12(11)7(9)10/h1-4H,11H2,(H3,9,10). The molecule has 0 saturated heterocycles. The monoisotopic (exact) mass is 184 g/mol. The minimum Gasteiger partial charge on any atom is -0.369 e. The summed E-state index contributed by atoms with van der Waals surface area (Å²) in [6.45, 7) is 0. The molecule has 0 amide bonds. The van der Waals surface area contributed by atoms with Gasteiger partial charge in [0.15, 0.2) is 0 Å². The molecule has 0 aliphatic rings. The summed E-state index contributed by atoms with van der Waals surface area (Å²) in [5, 5.41) is 8.65. The molecule has 12 heavy (non-hydrogen) atoms. The third-order valence-electron chi connectivity index (χ3n) is 1.35. The fraction of sp³-hybridized carbons (Fsp3) is 0. The third-order valence-corrected chi connectivity index (χ3v) is 1.58. The van der Waals surface area contributed by atoms with E-state index in [1.54, 1.807) is 24.3 Å². The number of hydrogen-bond donors (Lipinski definition) is 3. The van der Waals surface area contributed by atoms with E-state index in [2.05, 4.69) is 0 Å². The summed E-state index contributed by atoms with van der Waals surface area (Å²) in [5.41, 5.74) is 5.75. The second-order valence-corrected chi connectivity index (χ2v) is 2.67. The number of nitrogens with one attached hydrogen (secondary N) is 1. The van der Waals surface area contributed by atoms with Crippen molar-refractivity contribution >= 4 is 23.2 Å². The van der Waals surface area contributed by atoms with Gasteiger partial charge in [0.25, 0.3) is 0 Å². The van der Waals surface area contributed by atoms with E-state index < -0.39 is 0 Å². The predicted molar refractivity (Wildman–Crippen MR) is 50.0 cm³/mol. The van der Waals surface area contributed by atoms with Crippen molar-refractivity contribution in [1.82, 2.24) is 0 Å². The first-order valence-corrected chi connectivity index (χ1v) is 3.63. The molecule has 4 nitrogen and oxygen atoms in total.